The van der Waals surface area contributed by atoms with Crippen LogP contribution in [0.25, 0.3) is 11.3 Å². The van der Waals surface area contributed by atoms with Gasteiger partial charge in [-0.1, -0.05) is 42.8 Å². The Morgan fingerprint density at radius 3 is 2.79 bits per heavy atom. The van der Waals surface area contributed by atoms with Crippen molar-refractivity contribution in [2.24, 2.45) is 0 Å². The number of benzene rings is 2. The van der Waals surface area contributed by atoms with Gasteiger partial charge in [0.25, 0.3) is 0 Å². The van der Waals surface area contributed by atoms with E-state index in [1.807, 2.05) is 18.2 Å². The summed E-state index contributed by atoms with van der Waals surface area (Å²) in [6, 6.07) is 15.3. The molecule has 174 valence electrons. The minimum Gasteiger partial charge on any atom is -0.378 e. The zero-order valence-corrected chi connectivity index (χ0v) is 20.6. The van der Waals surface area contributed by atoms with Crippen LogP contribution in [0.1, 0.15) is 55.8 Å². The Kier molecular flexibility index (Phi) is 6.37. The molecule has 0 spiro atoms. The summed E-state index contributed by atoms with van der Waals surface area (Å²) in [5.41, 5.74) is 12.5. The fraction of sp³-hybridized carbons (Fsp3) is 0.407. The highest BCUT2D eigenvalue weighted by atomic mass is 35.5. The minimum absolute atomic E-state index is 0.207. The summed E-state index contributed by atoms with van der Waals surface area (Å²) in [4.78, 5) is 2.54. The molecule has 0 aliphatic carbocycles. The summed E-state index contributed by atoms with van der Waals surface area (Å²) in [6.07, 6.45) is 5.75. The number of hydrogen-bond acceptors (Lipinski definition) is 5. The molecule has 3 heterocycles. The number of nitrogens with zero attached hydrogens (tertiary/aromatic N) is 3. The average Bonchev–Trinajstić information content (AvgIpc) is 2.99. The van der Waals surface area contributed by atoms with Crippen LogP contribution in [0.5, 0.6) is 0 Å². The van der Waals surface area contributed by atoms with E-state index in [4.69, 9.17) is 11.6 Å². The van der Waals surface area contributed by atoms with Crippen molar-refractivity contribution in [3.63, 3.8) is 0 Å². The second kappa shape index (κ2) is 9.41. The molecule has 0 aromatic heterocycles. The van der Waals surface area contributed by atoms with Gasteiger partial charge in [0.2, 0.25) is 0 Å². The highest BCUT2D eigenvalue weighted by Gasteiger charge is 2.33. The molecule has 5 nitrogen and oxygen atoms in total. The van der Waals surface area contributed by atoms with Crippen molar-refractivity contribution in [1.82, 2.24) is 20.5 Å². The third-order valence-corrected chi connectivity index (χ3v) is 7.22. The third kappa shape index (κ3) is 4.50. The van der Waals surface area contributed by atoms with Crippen LogP contribution in [0.2, 0.25) is 5.02 Å². The van der Waals surface area contributed by atoms with Crippen molar-refractivity contribution in [2.45, 2.75) is 39.2 Å². The molecule has 0 fully saturated rings. The summed E-state index contributed by atoms with van der Waals surface area (Å²) >= 11 is 6.29. The molecule has 6 heteroatoms. The molecule has 5 rings (SSSR count). The molecule has 0 saturated carbocycles. The van der Waals surface area contributed by atoms with Crippen LogP contribution in [0, 0.1) is 0 Å². The fourth-order valence-electron chi connectivity index (χ4n) is 5.40. The van der Waals surface area contributed by atoms with Gasteiger partial charge in [0.05, 0.1) is 17.4 Å². The molecule has 3 aliphatic heterocycles. The van der Waals surface area contributed by atoms with Crippen LogP contribution in [0.3, 0.4) is 0 Å². The first-order valence-corrected chi connectivity index (χ1v) is 12.5. The van der Waals surface area contributed by atoms with Crippen molar-refractivity contribution in [2.75, 3.05) is 38.5 Å². The molecular weight excluding hydrogens is 430 g/mol. The standard InChI is InChI=1S/C27H34ClN5/c1-4-13-32-14-10-20(11-15-32)21-8-9-24-25(17-21)26(29-23-7-5-6-22(28)18-23)12-16-33-27(24)19(2)30-31(33)3/h5-10,17-18,26,29-30H,4,11-16H2,1-3H3. The summed E-state index contributed by atoms with van der Waals surface area (Å²) in [6.45, 7) is 8.75. The van der Waals surface area contributed by atoms with E-state index < -0.39 is 0 Å². The first kappa shape index (κ1) is 22.3. The highest BCUT2D eigenvalue weighted by Crippen LogP contribution is 2.40. The smallest absolute Gasteiger partial charge is 0.0816 e. The second-order valence-electron chi connectivity index (χ2n) is 9.31. The number of hydrogen-bond donors (Lipinski definition) is 2. The van der Waals surface area contributed by atoms with Crippen LogP contribution in [0.4, 0.5) is 5.69 Å². The molecule has 33 heavy (non-hydrogen) atoms. The van der Waals surface area contributed by atoms with Gasteiger partial charge in [0.15, 0.2) is 0 Å². The monoisotopic (exact) mass is 463 g/mol. The van der Waals surface area contributed by atoms with E-state index in [1.165, 1.54) is 46.6 Å². The molecule has 1 unspecified atom stereocenters. The van der Waals surface area contributed by atoms with Crippen LogP contribution < -0.4 is 10.7 Å². The molecule has 2 N–H and O–H groups in total. The lowest BCUT2D eigenvalue weighted by molar-refractivity contribution is 0.0447. The average molecular weight is 464 g/mol. The summed E-state index contributed by atoms with van der Waals surface area (Å²) < 4.78 is 0. The number of anilines is 1. The molecule has 0 radical (unpaired) electrons. The number of allylic oxidation sites excluding steroid dienone is 1. The number of rotatable bonds is 5. The maximum Gasteiger partial charge on any atom is 0.0816 e. The number of fused-ring (bicyclic) bond motifs is 3. The number of nitrogens with one attached hydrogen (secondary N) is 2. The normalized spacial score (nSPS) is 21.3. The Labute approximate surface area is 202 Å². The fourth-order valence-corrected chi connectivity index (χ4v) is 5.59. The van der Waals surface area contributed by atoms with E-state index in [2.05, 4.69) is 77.0 Å². The zero-order valence-electron chi connectivity index (χ0n) is 19.9. The number of halogens is 1. The van der Waals surface area contributed by atoms with Crippen LogP contribution >= 0.6 is 11.6 Å². The Balaban J connectivity index is 1.53. The summed E-state index contributed by atoms with van der Waals surface area (Å²) in [5.74, 6) is 0. The first-order chi connectivity index (χ1) is 16.0. The van der Waals surface area contributed by atoms with Gasteiger partial charge < -0.3 is 10.7 Å². The first-order valence-electron chi connectivity index (χ1n) is 12.1. The van der Waals surface area contributed by atoms with E-state index in [-0.39, 0.29) is 6.04 Å². The van der Waals surface area contributed by atoms with Gasteiger partial charge in [0.1, 0.15) is 0 Å². The molecule has 3 aliphatic rings. The van der Waals surface area contributed by atoms with Crippen molar-refractivity contribution >= 4 is 28.6 Å². The molecule has 0 saturated heterocycles. The van der Waals surface area contributed by atoms with Gasteiger partial charge in [-0.05, 0) is 73.7 Å². The zero-order chi connectivity index (χ0) is 22.9. The molecular formula is C27H34ClN5. The van der Waals surface area contributed by atoms with Crippen molar-refractivity contribution < 1.29 is 0 Å². The molecule has 0 bridgehead atoms. The van der Waals surface area contributed by atoms with Gasteiger partial charge in [-0.3, -0.25) is 9.91 Å². The predicted molar refractivity (Wildman–Crippen MR) is 138 cm³/mol. The van der Waals surface area contributed by atoms with Gasteiger partial charge in [-0.15, -0.1) is 5.12 Å². The van der Waals surface area contributed by atoms with Crippen molar-refractivity contribution in [3.8, 4) is 0 Å². The summed E-state index contributed by atoms with van der Waals surface area (Å²) in [5, 5.41) is 9.01. The number of hydrazine groups is 2. The highest BCUT2D eigenvalue weighted by molar-refractivity contribution is 6.30. The minimum atomic E-state index is 0.207. The Hall–Kier alpha value is -2.47. The van der Waals surface area contributed by atoms with Gasteiger partial charge in [0, 0.05) is 43.0 Å². The van der Waals surface area contributed by atoms with E-state index in [0.717, 1.165) is 43.2 Å². The van der Waals surface area contributed by atoms with Crippen LogP contribution in [-0.2, 0) is 0 Å². The third-order valence-electron chi connectivity index (χ3n) is 6.99. The van der Waals surface area contributed by atoms with Crippen LogP contribution in [0.15, 0.2) is 54.2 Å². The van der Waals surface area contributed by atoms with Crippen molar-refractivity contribution in [3.05, 3.63) is 76.0 Å². The van der Waals surface area contributed by atoms with E-state index >= 15 is 0 Å². The van der Waals surface area contributed by atoms with Gasteiger partial charge in [-0.25, -0.2) is 0 Å². The maximum atomic E-state index is 6.29. The lowest BCUT2D eigenvalue weighted by Crippen LogP contribution is -2.40. The van der Waals surface area contributed by atoms with E-state index in [9.17, 15) is 0 Å². The largest absolute Gasteiger partial charge is 0.378 e. The van der Waals surface area contributed by atoms with E-state index in [1.54, 1.807) is 0 Å². The maximum absolute atomic E-state index is 6.29. The predicted octanol–water partition coefficient (Wildman–Crippen LogP) is 5.75. The van der Waals surface area contributed by atoms with E-state index in [0.29, 0.717) is 0 Å². The van der Waals surface area contributed by atoms with Crippen molar-refractivity contribution in [1.29, 1.82) is 0 Å². The molecule has 1 atom stereocenters. The lowest BCUT2D eigenvalue weighted by atomic mass is 9.90. The molecule has 0 amide bonds. The Morgan fingerprint density at radius 2 is 2.03 bits per heavy atom. The Bertz CT molecular complexity index is 1090. The second-order valence-corrected chi connectivity index (χ2v) is 9.75. The quantitative estimate of drug-likeness (QED) is 0.590. The molecule has 2 aromatic carbocycles. The molecule has 2 aromatic rings. The van der Waals surface area contributed by atoms with Gasteiger partial charge >= 0.3 is 0 Å². The van der Waals surface area contributed by atoms with Crippen LogP contribution in [-0.4, -0.2) is 48.3 Å². The Morgan fingerprint density at radius 1 is 1.15 bits per heavy atom. The SMILES string of the molecule is CCCN1CC=C(c2ccc3c(c2)C(Nc2cccc(Cl)c2)CCN2C3=C(C)NN2C)CC1. The topological polar surface area (TPSA) is 33.8 Å². The van der Waals surface area contributed by atoms with Gasteiger partial charge in [-0.2, -0.15) is 0 Å². The lowest BCUT2D eigenvalue weighted by Gasteiger charge is -2.27. The summed E-state index contributed by atoms with van der Waals surface area (Å²) in [7, 11) is 2.09.